The lowest BCUT2D eigenvalue weighted by Gasteiger charge is -2.58. The van der Waals surface area contributed by atoms with Gasteiger partial charge in [-0.2, -0.15) is 0 Å². The van der Waals surface area contributed by atoms with Gasteiger partial charge in [0.1, 0.15) is 43.2 Å². The van der Waals surface area contributed by atoms with Crippen molar-refractivity contribution in [3.05, 3.63) is 11.6 Å². The molecule has 4 saturated heterocycles. The predicted octanol–water partition coefficient (Wildman–Crippen LogP) is 9.39. The highest BCUT2D eigenvalue weighted by Gasteiger charge is 2.60. The van der Waals surface area contributed by atoms with E-state index in [4.69, 9.17) is 53.6 Å². The van der Waals surface area contributed by atoms with Gasteiger partial charge in [0.25, 0.3) is 0 Å². The standard InChI is InChI=1S/C82H141N5O24P2S/c1-52(2)23-22-24-53(3)63-33-34-64-62-32-31-56-43-60(35-37-81(56,6)65(62)36-38-82(63,64)7)108-80(100)84-40-18-11-14-30-73(95)87-47-61(45-58(87)51-107-113(102,114)103-8)111-112(101)106-50-57-44-59(90)46-86(57)72(94)29-13-10-9-12-26-67(91)66(85-71(93)28-17-21-42-105-79-55(5)75(97)77(99)69(49-89)110-79)25-15-19-39-83-70(92)27-16-20-41-104-78-54(4)74(96)76(98)68(48-88)109-78/h31,52-55,57-66,68-69,74-79,88-90,96-99H,9-30,32-51H2,1-8H3,(H3-,83,84,85,92,93,100,102,114)/p+1/t53-,54?,55?,57?,58?,59-,60?,61-,62?,63-,64?,65?,66+,68?,69?,74?,75?,76?,77?,78?,79?,81+,82-,113?/m1/s1. The van der Waals surface area contributed by atoms with E-state index in [0.717, 1.165) is 55.3 Å². The molecule has 3 saturated carbocycles. The van der Waals surface area contributed by atoms with Crippen molar-refractivity contribution in [2.24, 2.45) is 58.2 Å². The highest BCUT2D eigenvalue weighted by atomic mass is 32.5. The number of aliphatic hydroxyl groups excluding tert-OH is 7. The van der Waals surface area contributed by atoms with Crippen LogP contribution < -0.4 is 16.0 Å². The molecule has 114 heavy (non-hydrogen) atoms. The number of alkyl carbamates (subject to hydrolysis) is 1. The Balaban J connectivity index is 0.708. The number of β-amino-alcohol motifs (C(OH)–C–C–N with tert-alkyl or cyclic N) is 1. The number of allylic oxidation sites excluding steroid dienone is 1. The summed E-state index contributed by atoms with van der Waals surface area (Å²) >= 11 is 5.09. The van der Waals surface area contributed by atoms with Gasteiger partial charge in [-0.25, -0.2) is 4.79 Å². The fourth-order valence-electron chi connectivity index (χ4n) is 19.8. The minimum atomic E-state index is -3.60. The topological polar surface area (TPSA) is 407 Å². The van der Waals surface area contributed by atoms with Crippen molar-refractivity contribution in [2.45, 2.75) is 340 Å². The molecule has 0 aromatic carbocycles. The first-order valence-electron chi connectivity index (χ1n) is 43.2. The molecule has 4 aliphatic heterocycles. The lowest BCUT2D eigenvalue weighted by Crippen LogP contribution is -2.55. The molecule has 0 aromatic rings. The van der Waals surface area contributed by atoms with Crippen LogP contribution >= 0.6 is 15.0 Å². The Hall–Kier alpha value is -3.33. The number of carbonyl (C=O) groups is 6. The minimum Gasteiger partial charge on any atom is -0.446 e. The summed E-state index contributed by atoms with van der Waals surface area (Å²) in [6, 6.07) is -1.97. The van der Waals surface area contributed by atoms with Gasteiger partial charge in [0.15, 0.2) is 18.4 Å². The van der Waals surface area contributed by atoms with Gasteiger partial charge in [-0.05, 0) is 180 Å². The number of aliphatic hydroxyl groups is 7. The largest absolute Gasteiger partial charge is 0.697 e. The Kier molecular flexibility index (Phi) is 39.8. The highest BCUT2D eigenvalue weighted by molar-refractivity contribution is 8.07. The highest BCUT2D eigenvalue weighted by Crippen LogP contribution is 2.67. The number of hydrogen-bond donors (Lipinski definition) is 11. The number of likely N-dealkylation sites (tertiary alicyclic amines) is 2. The molecule has 0 radical (unpaired) electrons. The first kappa shape index (κ1) is 96.1. The maximum Gasteiger partial charge on any atom is 0.697 e. The first-order chi connectivity index (χ1) is 54.4. The van der Waals surface area contributed by atoms with E-state index in [1.165, 1.54) is 62.5 Å². The zero-order chi connectivity index (χ0) is 82.9. The fourth-order valence-corrected chi connectivity index (χ4v) is 21.2. The number of hydrogen-bond acceptors (Lipinski definition) is 24. The van der Waals surface area contributed by atoms with Crippen molar-refractivity contribution in [3.63, 3.8) is 0 Å². The van der Waals surface area contributed by atoms with E-state index < -0.39 is 126 Å². The molecule has 0 bridgehead atoms. The number of amides is 5. The van der Waals surface area contributed by atoms with Crippen LogP contribution in [0, 0.1) is 58.2 Å². The average Bonchev–Trinajstić information content (AvgIpc) is 1.47. The van der Waals surface area contributed by atoms with E-state index >= 15 is 0 Å². The number of ether oxygens (including phenoxy) is 5. The minimum absolute atomic E-state index is 0.0607. The summed E-state index contributed by atoms with van der Waals surface area (Å²) in [5, 5.41) is 79.6. The second-order valence-corrected chi connectivity index (χ2v) is 39.0. The van der Waals surface area contributed by atoms with Crippen LogP contribution in [-0.4, -0.2) is 245 Å². The van der Waals surface area contributed by atoms with Crippen molar-refractivity contribution in [3.8, 4) is 0 Å². The summed E-state index contributed by atoms with van der Waals surface area (Å²) in [6.07, 6.45) is 13.7. The van der Waals surface area contributed by atoms with Crippen LogP contribution in [0.25, 0.3) is 0 Å². The SMILES string of the molecule is COP(O)(=S)OCC1C[C@@H](O[P+](=O)OCC2C[C@@H](O)CN2C(=O)CCCCCCC(=O)[C@H](CCCCNC(=O)CCCCOC2OC(CO)C(O)C(O)C2C)NC(=O)CCCCOC2OC(CO)C(O)C(O)C2C)CN1C(=O)CCCCCNC(=O)OC1CC[C@@]2(C)C(=CCC3C2CC[C@@]2(C)C3CC[C@@H]2[C@H](C)CCCC(C)C)C1. The molecule has 0 spiro atoms. The third-order valence-corrected chi connectivity index (χ3v) is 29.1. The average molecular weight is 1680 g/mol. The maximum atomic E-state index is 13.9. The Morgan fingerprint density at radius 3 is 1.87 bits per heavy atom. The zero-order valence-corrected chi connectivity index (χ0v) is 71.9. The number of nitrogens with zero attached hydrogens (tertiary/aromatic N) is 2. The van der Waals surface area contributed by atoms with Crippen LogP contribution in [0.1, 0.15) is 254 Å². The van der Waals surface area contributed by atoms with Crippen LogP contribution in [0.5, 0.6) is 0 Å². The van der Waals surface area contributed by atoms with Gasteiger partial charge in [-0.15, -0.1) is 9.05 Å². The van der Waals surface area contributed by atoms with Crippen LogP contribution in [0.2, 0.25) is 0 Å². The number of ketones is 1. The van der Waals surface area contributed by atoms with E-state index in [9.17, 15) is 74.0 Å². The Morgan fingerprint density at radius 2 is 1.24 bits per heavy atom. The van der Waals surface area contributed by atoms with Crippen molar-refractivity contribution in [1.82, 2.24) is 25.8 Å². The molecule has 4 aliphatic carbocycles. The molecule has 5 amide bonds. The summed E-state index contributed by atoms with van der Waals surface area (Å²) < 4.78 is 64.5. The van der Waals surface area contributed by atoms with Gasteiger partial charge in [-0.3, -0.25) is 24.0 Å². The third-order valence-electron chi connectivity index (χ3n) is 26.6. The molecular weight excluding hydrogens is 1530 g/mol. The lowest BCUT2D eigenvalue weighted by molar-refractivity contribution is -0.282. The fraction of sp³-hybridized carbons (Fsp3) is 0.902. The molecule has 0 aromatic heterocycles. The third kappa shape index (κ3) is 27.9. The van der Waals surface area contributed by atoms with Gasteiger partial charge >= 0.3 is 21.1 Å². The van der Waals surface area contributed by atoms with E-state index in [1.807, 2.05) is 0 Å². The summed E-state index contributed by atoms with van der Waals surface area (Å²) in [7, 11) is -1.52. The number of unbranched alkanes of at least 4 members (excludes halogenated alkanes) is 8. The summed E-state index contributed by atoms with van der Waals surface area (Å²) in [4.78, 5) is 94.1. The van der Waals surface area contributed by atoms with E-state index in [1.54, 1.807) is 18.7 Å². The number of nitrogens with one attached hydrogen (secondary N) is 3. The van der Waals surface area contributed by atoms with Crippen molar-refractivity contribution < 1.29 is 116 Å². The van der Waals surface area contributed by atoms with Gasteiger partial charge in [0, 0.05) is 101 Å². The lowest BCUT2D eigenvalue weighted by atomic mass is 9.47. The number of carbonyl (C=O) groups excluding carboxylic acids is 6. The smallest absolute Gasteiger partial charge is 0.446 e. The Bertz CT molecular complexity index is 3110. The Labute approximate surface area is 682 Å². The summed E-state index contributed by atoms with van der Waals surface area (Å²) in [5.41, 5.74) is 2.07. The molecule has 25 atom stereocenters. The molecule has 29 nitrogen and oxygen atoms in total. The van der Waals surface area contributed by atoms with Crippen LogP contribution in [0.3, 0.4) is 0 Å². The zero-order valence-electron chi connectivity index (χ0n) is 69.3. The normalized spacial score (nSPS) is 33.3. The molecular formula is C82H142N5O24P2S+. The van der Waals surface area contributed by atoms with Gasteiger partial charge < -0.3 is 99.1 Å². The predicted molar refractivity (Wildman–Crippen MR) is 429 cm³/mol. The van der Waals surface area contributed by atoms with Crippen LogP contribution in [-0.2, 0) is 82.1 Å². The molecule has 32 heteroatoms. The summed E-state index contributed by atoms with van der Waals surface area (Å²) in [5.74, 6) is 2.42. The second kappa shape index (κ2) is 47.2. The molecule has 7 fully saturated rings. The van der Waals surface area contributed by atoms with E-state index in [0.29, 0.717) is 114 Å². The number of rotatable bonds is 49. The quantitative estimate of drug-likeness (QED) is 0.0153. The summed E-state index contributed by atoms with van der Waals surface area (Å²) in [6.45, 7) is 12.1. The van der Waals surface area contributed by atoms with Gasteiger partial charge in [0.2, 0.25) is 23.6 Å². The van der Waals surface area contributed by atoms with E-state index in [-0.39, 0.29) is 125 Å². The molecule has 8 rings (SSSR count). The van der Waals surface area contributed by atoms with Crippen molar-refractivity contribution >= 4 is 62.3 Å². The number of fused-ring (bicyclic) bond motifs is 5. The van der Waals surface area contributed by atoms with E-state index in [2.05, 4.69) is 56.6 Å². The molecule has 11 N–H and O–H groups in total. The first-order valence-corrected chi connectivity index (χ1v) is 46.9. The second-order valence-electron chi connectivity index (χ2n) is 35.1. The monoisotopic (exact) mass is 1670 g/mol. The van der Waals surface area contributed by atoms with Gasteiger partial charge in [-0.1, -0.05) is 98.6 Å². The van der Waals surface area contributed by atoms with Crippen LogP contribution in [0.15, 0.2) is 11.6 Å². The Morgan fingerprint density at radius 1 is 0.649 bits per heavy atom. The number of Topliss-reactive ketones (excluding diaryl/α,β-unsaturated/α-hetero) is 1. The van der Waals surface area contributed by atoms with Crippen LogP contribution in [0.4, 0.5) is 4.79 Å². The molecule has 18 unspecified atom stereocenters. The maximum absolute atomic E-state index is 13.9. The van der Waals surface area contributed by atoms with Crippen molar-refractivity contribution in [2.75, 3.05) is 72.9 Å². The molecule has 654 valence electrons. The molecule has 4 heterocycles. The van der Waals surface area contributed by atoms with Gasteiger partial charge in [0.05, 0.1) is 62.8 Å². The van der Waals surface area contributed by atoms with Crippen molar-refractivity contribution in [1.29, 1.82) is 0 Å². The molecule has 8 aliphatic rings.